The summed E-state index contributed by atoms with van der Waals surface area (Å²) in [6.45, 7) is 12.4. The third kappa shape index (κ3) is 4.79. The van der Waals surface area contributed by atoms with Crippen LogP contribution in [0.1, 0.15) is 49.7 Å². The highest BCUT2D eigenvalue weighted by molar-refractivity contribution is 6.07. The fourth-order valence-electron chi connectivity index (χ4n) is 4.41. The van der Waals surface area contributed by atoms with E-state index >= 15 is 0 Å². The summed E-state index contributed by atoms with van der Waals surface area (Å²) in [5.74, 6) is 0.765. The van der Waals surface area contributed by atoms with E-state index in [4.69, 9.17) is 4.98 Å². The van der Waals surface area contributed by atoms with Crippen molar-refractivity contribution in [3.8, 4) is 11.3 Å². The van der Waals surface area contributed by atoms with Gasteiger partial charge in [-0.25, -0.2) is 4.98 Å². The molecule has 0 aliphatic carbocycles. The first kappa shape index (κ1) is 21.5. The van der Waals surface area contributed by atoms with Gasteiger partial charge in [0.15, 0.2) is 0 Å². The maximum absolute atomic E-state index is 13.3. The summed E-state index contributed by atoms with van der Waals surface area (Å²) < 4.78 is 1.91. The molecule has 3 aromatic rings. The quantitative estimate of drug-likeness (QED) is 0.648. The highest BCUT2D eigenvalue weighted by atomic mass is 16.1. The molecule has 6 heteroatoms. The lowest BCUT2D eigenvalue weighted by atomic mass is 9.99. The molecule has 1 N–H and O–H groups in total. The fourth-order valence-corrected chi connectivity index (χ4v) is 4.41. The Hall–Kier alpha value is -2.73. The Morgan fingerprint density at radius 1 is 1.26 bits per heavy atom. The van der Waals surface area contributed by atoms with Crippen LogP contribution in [0, 0.1) is 12.8 Å². The number of carbonyl (C=O) groups excluding carboxylic acids is 1. The van der Waals surface area contributed by atoms with Crippen molar-refractivity contribution in [1.82, 2.24) is 25.0 Å². The molecule has 3 heterocycles. The van der Waals surface area contributed by atoms with Crippen LogP contribution in [-0.4, -0.2) is 51.2 Å². The van der Waals surface area contributed by atoms with Crippen molar-refractivity contribution in [1.29, 1.82) is 0 Å². The van der Waals surface area contributed by atoms with Gasteiger partial charge in [-0.05, 0) is 64.8 Å². The van der Waals surface area contributed by atoms with Gasteiger partial charge in [-0.15, -0.1) is 0 Å². The zero-order chi connectivity index (χ0) is 22.0. The van der Waals surface area contributed by atoms with Gasteiger partial charge < -0.3 is 10.2 Å². The second kappa shape index (κ2) is 9.18. The number of rotatable bonds is 6. The first-order valence-electron chi connectivity index (χ1n) is 11.4. The van der Waals surface area contributed by atoms with Crippen molar-refractivity contribution < 1.29 is 4.79 Å². The largest absolute Gasteiger partial charge is 0.348 e. The number of pyridine rings is 1. The molecular weight excluding hydrogens is 386 g/mol. The lowest BCUT2D eigenvalue weighted by Crippen LogP contribution is -2.44. The summed E-state index contributed by atoms with van der Waals surface area (Å²) in [5, 5.41) is 8.65. The van der Waals surface area contributed by atoms with Crippen molar-refractivity contribution in [2.24, 2.45) is 5.92 Å². The third-order valence-corrected chi connectivity index (χ3v) is 6.29. The van der Waals surface area contributed by atoms with Gasteiger partial charge in [0.1, 0.15) is 0 Å². The minimum absolute atomic E-state index is 0.0433. The molecule has 4 rings (SSSR count). The van der Waals surface area contributed by atoms with Gasteiger partial charge >= 0.3 is 0 Å². The number of likely N-dealkylation sites (tertiary alicyclic amines) is 1. The Balaban J connectivity index is 1.59. The number of benzene rings is 1. The minimum Gasteiger partial charge on any atom is -0.348 e. The lowest BCUT2D eigenvalue weighted by Gasteiger charge is -2.32. The maximum atomic E-state index is 13.3. The van der Waals surface area contributed by atoms with E-state index in [-0.39, 0.29) is 11.9 Å². The number of nitrogens with zero attached hydrogens (tertiary/aromatic N) is 4. The number of nitrogens with one attached hydrogen (secondary N) is 1. The fraction of sp³-hybridized carbons (Fsp3) is 0.480. The highest BCUT2D eigenvalue weighted by Crippen LogP contribution is 2.27. The average Bonchev–Trinajstić information content (AvgIpc) is 3.15. The van der Waals surface area contributed by atoms with Crippen LogP contribution in [0.3, 0.4) is 0 Å². The van der Waals surface area contributed by atoms with E-state index in [1.807, 2.05) is 48.1 Å². The van der Waals surface area contributed by atoms with E-state index in [2.05, 4.69) is 36.1 Å². The molecule has 1 aliphatic heterocycles. The predicted octanol–water partition coefficient (Wildman–Crippen LogP) is 4.28. The topological polar surface area (TPSA) is 63.1 Å². The number of fused-ring (bicyclic) bond motifs is 1. The molecule has 1 saturated heterocycles. The predicted molar refractivity (Wildman–Crippen MR) is 125 cm³/mol. The Kier molecular flexibility index (Phi) is 6.37. The van der Waals surface area contributed by atoms with E-state index in [9.17, 15) is 4.79 Å². The number of aryl methyl sites for hydroxylation is 2. The summed E-state index contributed by atoms with van der Waals surface area (Å²) in [5.41, 5.74) is 4.18. The summed E-state index contributed by atoms with van der Waals surface area (Å²) in [4.78, 5) is 20.6. The number of carbonyl (C=O) groups is 1. The Bertz CT molecular complexity index is 1060. The van der Waals surface area contributed by atoms with Crippen LogP contribution in [0.5, 0.6) is 0 Å². The molecule has 2 aromatic heterocycles. The molecule has 0 unspecified atom stereocenters. The second-order valence-electron chi connectivity index (χ2n) is 8.91. The number of hydrogen-bond acceptors (Lipinski definition) is 4. The second-order valence-corrected chi connectivity index (χ2v) is 8.91. The molecule has 6 nitrogen and oxygen atoms in total. The summed E-state index contributed by atoms with van der Waals surface area (Å²) >= 11 is 0. The molecule has 0 saturated carbocycles. The van der Waals surface area contributed by atoms with E-state index in [1.165, 1.54) is 12.8 Å². The molecule has 0 radical (unpaired) electrons. The molecule has 164 valence electrons. The van der Waals surface area contributed by atoms with Crippen LogP contribution in [0.25, 0.3) is 22.2 Å². The van der Waals surface area contributed by atoms with Crippen LogP contribution in [0.4, 0.5) is 0 Å². The monoisotopic (exact) mass is 419 g/mol. The molecule has 1 aromatic carbocycles. The smallest absolute Gasteiger partial charge is 0.252 e. The van der Waals surface area contributed by atoms with Crippen LogP contribution >= 0.6 is 0 Å². The number of aromatic nitrogens is 3. The van der Waals surface area contributed by atoms with Gasteiger partial charge in [0.25, 0.3) is 5.91 Å². The third-order valence-electron chi connectivity index (χ3n) is 6.29. The van der Waals surface area contributed by atoms with E-state index in [0.29, 0.717) is 5.56 Å². The number of amides is 1. The van der Waals surface area contributed by atoms with E-state index < -0.39 is 0 Å². The van der Waals surface area contributed by atoms with Crippen LogP contribution in [0.2, 0.25) is 0 Å². The molecule has 0 bridgehead atoms. The zero-order valence-corrected chi connectivity index (χ0v) is 19.1. The number of hydrogen-bond donors (Lipinski definition) is 1. The van der Waals surface area contributed by atoms with E-state index in [1.54, 1.807) is 0 Å². The zero-order valence-electron chi connectivity index (χ0n) is 19.1. The van der Waals surface area contributed by atoms with Gasteiger partial charge in [0.2, 0.25) is 0 Å². The van der Waals surface area contributed by atoms with Gasteiger partial charge in [0, 0.05) is 36.3 Å². The van der Waals surface area contributed by atoms with Gasteiger partial charge in [-0.3, -0.25) is 9.48 Å². The van der Waals surface area contributed by atoms with Crippen LogP contribution in [-0.2, 0) is 6.54 Å². The van der Waals surface area contributed by atoms with Crippen molar-refractivity contribution in [3.63, 3.8) is 0 Å². The molecule has 1 fully saturated rings. The van der Waals surface area contributed by atoms with Gasteiger partial charge in [-0.1, -0.05) is 25.1 Å². The van der Waals surface area contributed by atoms with Crippen LogP contribution < -0.4 is 5.32 Å². The Morgan fingerprint density at radius 2 is 2.00 bits per heavy atom. The molecule has 31 heavy (non-hydrogen) atoms. The Labute approximate surface area is 184 Å². The number of piperidine rings is 1. The average molecular weight is 420 g/mol. The molecule has 1 atom stereocenters. The summed E-state index contributed by atoms with van der Waals surface area (Å²) in [6.07, 6.45) is 4.49. The summed E-state index contributed by atoms with van der Waals surface area (Å²) in [6, 6.07) is 9.85. The highest BCUT2D eigenvalue weighted by Gasteiger charge is 2.21. The first-order valence-corrected chi connectivity index (χ1v) is 11.4. The molecule has 0 spiro atoms. The summed E-state index contributed by atoms with van der Waals surface area (Å²) in [7, 11) is 0. The number of para-hydroxylation sites is 1. The first-order chi connectivity index (χ1) is 14.9. The normalized spacial score (nSPS) is 16.5. The van der Waals surface area contributed by atoms with Crippen molar-refractivity contribution in [2.45, 2.75) is 53.1 Å². The standard InChI is InChI=1S/C25H33N5O/c1-5-30-16-22(19(4)28-30)24-14-21(20-8-6-7-9-23(20)27-24)25(31)26-18(3)15-29-12-10-17(2)11-13-29/h6-9,14,16-18H,5,10-13,15H2,1-4H3,(H,26,31)/t18-/m1/s1. The van der Waals surface area contributed by atoms with Gasteiger partial charge in [-0.2, -0.15) is 5.10 Å². The SMILES string of the molecule is CCn1cc(-c2cc(C(=O)N[C@H](C)CN3CCC(C)CC3)c3ccccc3n2)c(C)n1. The van der Waals surface area contributed by atoms with E-state index in [0.717, 1.165) is 60.0 Å². The molecule has 1 aliphatic rings. The van der Waals surface area contributed by atoms with Crippen LogP contribution in [0.15, 0.2) is 36.5 Å². The minimum atomic E-state index is -0.0433. The Morgan fingerprint density at radius 3 is 2.71 bits per heavy atom. The molecule has 1 amide bonds. The van der Waals surface area contributed by atoms with Crippen molar-refractivity contribution in [3.05, 3.63) is 47.8 Å². The van der Waals surface area contributed by atoms with Crippen molar-refractivity contribution in [2.75, 3.05) is 19.6 Å². The van der Waals surface area contributed by atoms with Gasteiger partial charge in [0.05, 0.1) is 22.5 Å². The van der Waals surface area contributed by atoms with Crippen molar-refractivity contribution >= 4 is 16.8 Å². The maximum Gasteiger partial charge on any atom is 0.252 e. The molecular formula is C25H33N5O. The lowest BCUT2D eigenvalue weighted by molar-refractivity contribution is 0.0923.